The van der Waals surface area contributed by atoms with Crippen LogP contribution in [0.5, 0.6) is 0 Å². The van der Waals surface area contributed by atoms with Gasteiger partial charge in [0.25, 0.3) is 0 Å². The van der Waals surface area contributed by atoms with Crippen LogP contribution in [0.25, 0.3) is 0 Å². The molecule has 132 valence electrons. The van der Waals surface area contributed by atoms with E-state index in [2.05, 4.69) is 24.1 Å². The molecule has 1 amide bonds. The van der Waals surface area contributed by atoms with Crippen molar-refractivity contribution >= 4 is 5.91 Å². The van der Waals surface area contributed by atoms with Crippen LogP contribution >= 0.6 is 0 Å². The van der Waals surface area contributed by atoms with Crippen LogP contribution in [0.4, 0.5) is 13.2 Å². The lowest BCUT2D eigenvalue weighted by Crippen LogP contribution is -2.48. The smallest absolute Gasteiger partial charge is 0.355 e. The van der Waals surface area contributed by atoms with Crippen LogP contribution in [0.15, 0.2) is 24.3 Å². The van der Waals surface area contributed by atoms with E-state index in [4.69, 9.17) is 0 Å². The average Bonchev–Trinajstić information content (AvgIpc) is 2.84. The molecule has 0 radical (unpaired) electrons. The Bertz CT molecular complexity index is 602. The van der Waals surface area contributed by atoms with Gasteiger partial charge in [0, 0.05) is 18.5 Å². The van der Waals surface area contributed by atoms with Crippen molar-refractivity contribution in [2.24, 2.45) is 5.41 Å². The number of alkyl halides is 3. The molecule has 1 unspecified atom stereocenters. The minimum absolute atomic E-state index is 0.0517. The van der Waals surface area contributed by atoms with Crippen LogP contribution in [0.1, 0.15) is 43.7 Å². The number of rotatable bonds is 2. The SMILES string of the molecule is CC(C)N1CCC2(CC1)C(=O)NCC2c1ccc(C(F)(F)F)cc1. The molecular formula is C18H23F3N2O. The van der Waals surface area contributed by atoms with Crippen molar-refractivity contribution < 1.29 is 18.0 Å². The van der Waals surface area contributed by atoms with Gasteiger partial charge in [0.2, 0.25) is 5.91 Å². The van der Waals surface area contributed by atoms with Gasteiger partial charge < -0.3 is 10.2 Å². The van der Waals surface area contributed by atoms with Gasteiger partial charge in [0.1, 0.15) is 0 Å². The normalized spacial score (nSPS) is 24.6. The van der Waals surface area contributed by atoms with Gasteiger partial charge in [-0.25, -0.2) is 0 Å². The number of carbonyl (C=O) groups excluding carboxylic acids is 1. The lowest BCUT2D eigenvalue weighted by molar-refractivity contribution is -0.137. The predicted octanol–water partition coefficient (Wildman–Crippen LogP) is 3.41. The molecule has 3 rings (SSSR count). The number of likely N-dealkylation sites (tertiary alicyclic amines) is 1. The fraction of sp³-hybridized carbons (Fsp3) is 0.611. The molecule has 2 saturated heterocycles. The molecule has 0 bridgehead atoms. The van der Waals surface area contributed by atoms with Gasteiger partial charge in [0.15, 0.2) is 0 Å². The largest absolute Gasteiger partial charge is 0.416 e. The summed E-state index contributed by atoms with van der Waals surface area (Å²) in [6, 6.07) is 5.75. The highest BCUT2D eigenvalue weighted by Crippen LogP contribution is 2.48. The first-order valence-electron chi connectivity index (χ1n) is 8.43. The lowest BCUT2D eigenvalue weighted by atomic mass is 9.67. The van der Waals surface area contributed by atoms with Crippen molar-refractivity contribution in [2.75, 3.05) is 19.6 Å². The van der Waals surface area contributed by atoms with E-state index in [9.17, 15) is 18.0 Å². The van der Waals surface area contributed by atoms with Crippen LogP contribution < -0.4 is 5.32 Å². The van der Waals surface area contributed by atoms with E-state index in [1.54, 1.807) is 0 Å². The number of nitrogens with one attached hydrogen (secondary N) is 1. The summed E-state index contributed by atoms with van der Waals surface area (Å²) >= 11 is 0. The van der Waals surface area contributed by atoms with Crippen LogP contribution in [-0.4, -0.2) is 36.5 Å². The molecule has 0 aliphatic carbocycles. The molecule has 2 aliphatic rings. The highest BCUT2D eigenvalue weighted by atomic mass is 19.4. The summed E-state index contributed by atoms with van der Waals surface area (Å²) in [6.07, 6.45) is -2.83. The van der Waals surface area contributed by atoms with Gasteiger partial charge >= 0.3 is 6.18 Å². The number of piperidine rings is 1. The van der Waals surface area contributed by atoms with Crippen LogP contribution in [0.3, 0.4) is 0 Å². The second-order valence-electron chi connectivity index (χ2n) is 7.17. The predicted molar refractivity (Wildman–Crippen MR) is 85.6 cm³/mol. The quantitative estimate of drug-likeness (QED) is 0.895. The summed E-state index contributed by atoms with van der Waals surface area (Å²) in [5.74, 6) is -0.00241. The Morgan fingerprint density at radius 2 is 1.75 bits per heavy atom. The number of amides is 1. The van der Waals surface area contributed by atoms with Crippen molar-refractivity contribution in [3.05, 3.63) is 35.4 Å². The number of carbonyl (C=O) groups is 1. The van der Waals surface area contributed by atoms with Crippen molar-refractivity contribution in [1.29, 1.82) is 0 Å². The first kappa shape index (κ1) is 17.3. The van der Waals surface area contributed by atoms with E-state index in [0.29, 0.717) is 12.6 Å². The maximum atomic E-state index is 12.8. The molecule has 2 fully saturated rings. The Hall–Kier alpha value is -1.56. The molecule has 0 aromatic heterocycles. The van der Waals surface area contributed by atoms with E-state index in [1.807, 2.05) is 0 Å². The van der Waals surface area contributed by atoms with Crippen LogP contribution in [0.2, 0.25) is 0 Å². The van der Waals surface area contributed by atoms with E-state index in [-0.39, 0.29) is 11.8 Å². The number of halogens is 3. The average molecular weight is 340 g/mol. The van der Waals surface area contributed by atoms with Gasteiger partial charge in [-0.15, -0.1) is 0 Å². The second-order valence-corrected chi connectivity index (χ2v) is 7.17. The van der Waals surface area contributed by atoms with Gasteiger partial charge in [-0.1, -0.05) is 12.1 Å². The molecular weight excluding hydrogens is 317 g/mol. The minimum atomic E-state index is -4.33. The Kier molecular flexibility index (Phi) is 4.36. The van der Waals surface area contributed by atoms with Gasteiger partial charge in [0.05, 0.1) is 11.0 Å². The second kappa shape index (κ2) is 6.06. The highest BCUT2D eigenvalue weighted by Gasteiger charge is 2.52. The molecule has 1 aromatic rings. The highest BCUT2D eigenvalue weighted by molar-refractivity contribution is 5.86. The molecule has 2 aliphatic heterocycles. The standard InChI is InChI=1S/C18H23F3N2O/c1-12(2)23-9-7-17(8-10-23)15(11-22-16(17)24)13-3-5-14(6-4-13)18(19,20)21/h3-6,12,15H,7-11H2,1-2H3,(H,22,24). The Labute approximate surface area is 140 Å². The molecule has 1 atom stereocenters. The number of benzene rings is 1. The zero-order valence-electron chi connectivity index (χ0n) is 14.0. The minimum Gasteiger partial charge on any atom is -0.355 e. The van der Waals surface area contributed by atoms with E-state index >= 15 is 0 Å². The Balaban J connectivity index is 1.84. The molecule has 2 heterocycles. The summed E-state index contributed by atoms with van der Waals surface area (Å²) in [5.41, 5.74) is -0.308. The molecule has 1 aromatic carbocycles. The van der Waals surface area contributed by atoms with Crippen molar-refractivity contribution in [3.63, 3.8) is 0 Å². The zero-order chi connectivity index (χ0) is 17.5. The summed E-state index contributed by atoms with van der Waals surface area (Å²) in [5, 5.41) is 2.94. The topological polar surface area (TPSA) is 32.3 Å². The van der Waals surface area contributed by atoms with Crippen LogP contribution in [-0.2, 0) is 11.0 Å². The van der Waals surface area contributed by atoms with Crippen LogP contribution in [0, 0.1) is 5.41 Å². The fourth-order valence-corrected chi connectivity index (χ4v) is 4.08. The Morgan fingerprint density at radius 1 is 1.17 bits per heavy atom. The molecule has 24 heavy (non-hydrogen) atoms. The number of hydrogen-bond acceptors (Lipinski definition) is 2. The lowest BCUT2D eigenvalue weighted by Gasteiger charge is -2.42. The third kappa shape index (κ3) is 2.92. The first-order valence-corrected chi connectivity index (χ1v) is 8.43. The summed E-state index contributed by atoms with van der Waals surface area (Å²) in [6.45, 7) is 6.48. The zero-order valence-corrected chi connectivity index (χ0v) is 14.0. The number of nitrogens with zero attached hydrogens (tertiary/aromatic N) is 1. The molecule has 1 N–H and O–H groups in total. The van der Waals surface area contributed by atoms with Gasteiger partial charge in [-0.3, -0.25) is 4.79 Å². The molecule has 6 heteroatoms. The first-order chi connectivity index (χ1) is 11.2. The monoisotopic (exact) mass is 340 g/mol. The third-order valence-electron chi connectivity index (χ3n) is 5.65. The molecule has 1 spiro atoms. The molecule has 0 saturated carbocycles. The summed E-state index contributed by atoms with van der Waals surface area (Å²) < 4.78 is 38.3. The Morgan fingerprint density at radius 3 is 2.25 bits per heavy atom. The van der Waals surface area contributed by atoms with Crippen molar-refractivity contribution in [1.82, 2.24) is 10.2 Å². The van der Waals surface area contributed by atoms with Gasteiger partial charge in [-0.05, 0) is 57.5 Å². The maximum Gasteiger partial charge on any atom is 0.416 e. The maximum absolute atomic E-state index is 12.8. The third-order valence-corrected chi connectivity index (χ3v) is 5.65. The summed E-state index contributed by atoms with van der Waals surface area (Å²) in [7, 11) is 0. The van der Waals surface area contributed by atoms with Crippen molar-refractivity contribution in [2.45, 2.75) is 44.8 Å². The fourth-order valence-electron chi connectivity index (χ4n) is 4.08. The molecule has 3 nitrogen and oxygen atoms in total. The van der Waals surface area contributed by atoms with Crippen molar-refractivity contribution in [3.8, 4) is 0 Å². The van der Waals surface area contributed by atoms with E-state index in [0.717, 1.165) is 43.6 Å². The number of hydrogen-bond donors (Lipinski definition) is 1. The summed E-state index contributed by atoms with van der Waals surface area (Å²) in [4.78, 5) is 14.9. The van der Waals surface area contributed by atoms with E-state index in [1.165, 1.54) is 12.1 Å². The van der Waals surface area contributed by atoms with E-state index < -0.39 is 17.2 Å². The van der Waals surface area contributed by atoms with Gasteiger partial charge in [-0.2, -0.15) is 13.2 Å².